The molecule has 0 N–H and O–H groups in total. The van der Waals surface area contributed by atoms with Gasteiger partial charge in [0.05, 0.1) is 38.9 Å². The Morgan fingerprint density at radius 1 is 0.485 bits per heavy atom. The minimum atomic E-state index is -0.129. The first-order valence-electron chi connectivity index (χ1n) is 21.7. The van der Waals surface area contributed by atoms with Gasteiger partial charge in [0, 0.05) is 87.2 Å². The minimum Gasteiger partial charge on any atom is -0.339 e. The van der Waals surface area contributed by atoms with E-state index in [1.165, 1.54) is 5.56 Å². The van der Waals surface area contributed by atoms with Crippen molar-refractivity contribution in [2.75, 3.05) is 0 Å². The largest absolute Gasteiger partial charge is 0.339 e. The summed E-state index contributed by atoms with van der Waals surface area (Å²) < 4.78 is 21.0. The summed E-state index contributed by atoms with van der Waals surface area (Å²) in [5, 5.41) is 0. The molecule has 0 saturated carbocycles. The summed E-state index contributed by atoms with van der Waals surface area (Å²) in [4.78, 5) is 16.2. The predicted molar refractivity (Wildman–Crippen MR) is 259 cm³/mol. The van der Waals surface area contributed by atoms with E-state index >= 15 is 0 Å². The zero-order chi connectivity index (χ0) is 45.6. The van der Waals surface area contributed by atoms with Crippen molar-refractivity contribution in [3.05, 3.63) is 253 Å². The maximum atomic E-state index is 8.81. The van der Waals surface area contributed by atoms with Crippen LogP contribution in [0.3, 0.4) is 0 Å². The second-order valence-corrected chi connectivity index (χ2v) is 15.1. The Morgan fingerprint density at radius 2 is 0.848 bits per heavy atom. The fraction of sp³-hybridized carbons (Fsp3) is 0.0345. The van der Waals surface area contributed by atoms with Crippen LogP contribution in [0.1, 0.15) is 13.9 Å². The van der Waals surface area contributed by atoms with Crippen LogP contribution in [-0.2, 0) is 40.2 Å². The van der Waals surface area contributed by atoms with E-state index in [0.717, 1.165) is 72.8 Å². The third-order valence-electron chi connectivity index (χ3n) is 10.8. The molecular weight excluding hydrogens is 1170 g/mol. The molecule has 8 heteroatoms. The zero-order valence-electron chi connectivity index (χ0n) is 37.8. The van der Waals surface area contributed by atoms with E-state index in [1.54, 1.807) is 41.1 Å². The van der Waals surface area contributed by atoms with Crippen LogP contribution in [0.2, 0.25) is 0 Å². The number of hydrogen-bond donors (Lipinski definition) is 0. The molecule has 0 saturated heterocycles. The Bertz CT molecular complexity index is 3310. The molecule has 8 aromatic carbocycles. The third kappa shape index (κ3) is 9.90. The molecule has 0 spiro atoms. The summed E-state index contributed by atoms with van der Waals surface area (Å²) in [7, 11) is 0. The number of nitrogens with zero attached hydrogens (tertiary/aromatic N) is 6. The number of hydrogen-bond acceptors (Lipinski definition) is 2. The summed E-state index contributed by atoms with van der Waals surface area (Å²) in [5.74, 6) is 1.17. The molecule has 66 heavy (non-hydrogen) atoms. The molecule has 0 aliphatic rings. The van der Waals surface area contributed by atoms with E-state index in [0.29, 0.717) is 22.8 Å². The van der Waals surface area contributed by atoms with Gasteiger partial charge in [0.25, 0.3) is 0 Å². The fourth-order valence-electron chi connectivity index (χ4n) is 7.97. The van der Waals surface area contributed by atoms with Gasteiger partial charge in [-0.3, -0.25) is 19.7 Å². The van der Waals surface area contributed by atoms with E-state index in [2.05, 4.69) is 123 Å². The number of rotatable bonds is 8. The molecule has 322 valence electrons. The molecule has 0 aliphatic carbocycles. The van der Waals surface area contributed by atoms with E-state index in [9.17, 15) is 0 Å². The van der Waals surface area contributed by atoms with Crippen molar-refractivity contribution in [3.8, 4) is 78.7 Å². The van der Waals surface area contributed by atoms with Crippen molar-refractivity contribution in [1.29, 1.82) is 0 Å². The molecule has 10 aromatic rings. The van der Waals surface area contributed by atoms with Gasteiger partial charge in [0.2, 0.25) is 0 Å². The van der Waals surface area contributed by atoms with E-state index in [1.807, 2.05) is 85.1 Å². The molecule has 2 heterocycles. The van der Waals surface area contributed by atoms with Crippen LogP contribution in [0.15, 0.2) is 207 Å². The van der Waals surface area contributed by atoms with Crippen molar-refractivity contribution in [3.63, 3.8) is 0 Å². The topological polar surface area (TPSA) is 44.4 Å². The SMILES string of the molecule is [2H]c1nc(-c2[c-]ccc([N+]#[C-])c2)n(-c2c(-c3ccccc3)cc(C)cc2-c2ccccc2)c1[2H].[C-]#[N+]c1cc[c-]c(-c2nccn2-c2c(-c3ccccc3)cc(C)cc2-c2ccccc2)c1.[Ir].[Ir]. The van der Waals surface area contributed by atoms with Crippen molar-refractivity contribution < 1.29 is 43.0 Å². The summed E-state index contributed by atoms with van der Waals surface area (Å²) in [6, 6.07) is 66.4. The second-order valence-electron chi connectivity index (χ2n) is 15.1. The molecule has 2 aromatic heterocycles. The van der Waals surface area contributed by atoms with Crippen LogP contribution < -0.4 is 0 Å². The Morgan fingerprint density at radius 3 is 1.23 bits per heavy atom. The van der Waals surface area contributed by atoms with E-state index < -0.39 is 0 Å². The van der Waals surface area contributed by atoms with Gasteiger partial charge in [-0.1, -0.05) is 121 Å². The zero-order valence-corrected chi connectivity index (χ0v) is 40.6. The standard InChI is InChI=1S/2C29H20N3.2Ir/c2*1-21-18-26(22-10-5-3-6-11-22)28(27(19-21)23-12-7-4-8-13-23)32-17-16-31-29(32)24-14-9-15-25(20-24)30-2;;/h2*3-13,15-20H,1H3;;/q2*-1;;/i16D,17D;;;. The van der Waals surface area contributed by atoms with Crippen LogP contribution in [0.5, 0.6) is 0 Å². The molecular formula is C58H40Ir2N6-2. The summed E-state index contributed by atoms with van der Waals surface area (Å²) in [6.07, 6.45) is 3.64. The van der Waals surface area contributed by atoms with Gasteiger partial charge in [0.15, 0.2) is 0 Å². The van der Waals surface area contributed by atoms with Crippen LogP contribution in [0, 0.1) is 39.1 Å². The number of aryl methyl sites for hydroxylation is 2. The summed E-state index contributed by atoms with van der Waals surface area (Å²) in [5.41, 5.74) is 14.9. The predicted octanol–water partition coefficient (Wildman–Crippen LogP) is 15.1. The molecule has 6 nitrogen and oxygen atoms in total. The quantitative estimate of drug-likeness (QED) is 0.142. The van der Waals surface area contributed by atoms with Gasteiger partial charge in [-0.05, 0) is 71.5 Å². The molecule has 2 radical (unpaired) electrons. The van der Waals surface area contributed by atoms with Gasteiger partial charge in [-0.2, -0.15) is 12.1 Å². The van der Waals surface area contributed by atoms with Gasteiger partial charge in [0.1, 0.15) is 11.4 Å². The van der Waals surface area contributed by atoms with Crippen molar-refractivity contribution in [2.24, 2.45) is 0 Å². The van der Waals surface area contributed by atoms with E-state index in [-0.39, 0.29) is 52.6 Å². The van der Waals surface area contributed by atoms with Crippen LogP contribution in [-0.4, -0.2) is 19.1 Å². The number of imidazole rings is 2. The monoisotopic (exact) mass is 1210 g/mol. The van der Waals surface area contributed by atoms with Gasteiger partial charge in [-0.15, -0.1) is 47.5 Å². The second kappa shape index (κ2) is 21.4. The van der Waals surface area contributed by atoms with Gasteiger partial charge in [-0.25, -0.2) is 0 Å². The average Bonchev–Trinajstić information content (AvgIpc) is 3.98. The van der Waals surface area contributed by atoms with Crippen LogP contribution in [0.25, 0.3) is 88.3 Å². The van der Waals surface area contributed by atoms with Gasteiger partial charge < -0.3 is 9.13 Å². The normalized spacial score (nSPS) is 10.7. The fourth-order valence-corrected chi connectivity index (χ4v) is 7.97. The van der Waals surface area contributed by atoms with Crippen LogP contribution >= 0.6 is 0 Å². The molecule has 10 rings (SSSR count). The van der Waals surface area contributed by atoms with Crippen molar-refractivity contribution in [2.45, 2.75) is 13.8 Å². The first kappa shape index (κ1) is 43.7. The average molecular weight is 1210 g/mol. The summed E-state index contributed by atoms with van der Waals surface area (Å²) in [6.45, 7) is 19.0. The Balaban J connectivity index is 0.000000196. The maximum Gasteiger partial charge on any atom is 0.109 e. The first-order chi connectivity index (χ1) is 32.3. The first-order valence-corrected chi connectivity index (χ1v) is 20.7. The molecule has 0 amide bonds. The third-order valence-corrected chi connectivity index (χ3v) is 10.8. The number of aromatic nitrogens is 4. The maximum absolute atomic E-state index is 8.81. The Kier molecular flexibility index (Phi) is 14.2. The van der Waals surface area contributed by atoms with Gasteiger partial charge >= 0.3 is 0 Å². The Hall–Kier alpha value is -7.54. The molecule has 0 unspecified atom stereocenters. The molecule has 0 atom stereocenters. The van der Waals surface area contributed by atoms with Crippen LogP contribution in [0.4, 0.5) is 11.4 Å². The van der Waals surface area contributed by atoms with E-state index in [4.69, 9.17) is 15.9 Å². The summed E-state index contributed by atoms with van der Waals surface area (Å²) >= 11 is 0. The number of benzene rings is 8. The smallest absolute Gasteiger partial charge is 0.109 e. The molecule has 0 fully saturated rings. The minimum absolute atomic E-state index is 0. The van der Waals surface area contributed by atoms with Crippen molar-refractivity contribution >= 4 is 11.4 Å². The Labute approximate surface area is 416 Å². The van der Waals surface area contributed by atoms with Crippen molar-refractivity contribution in [1.82, 2.24) is 19.1 Å². The molecule has 0 aliphatic heterocycles. The molecule has 0 bridgehead atoms.